The van der Waals surface area contributed by atoms with Crippen LogP contribution in [0.15, 0.2) is 28.0 Å². The molecule has 10 heteroatoms. The van der Waals surface area contributed by atoms with E-state index < -0.39 is 25.5 Å². The number of para-hydroxylation sites is 1. The summed E-state index contributed by atoms with van der Waals surface area (Å²) in [6.07, 6.45) is 0. The molecule has 0 heterocycles. The predicted octanol–water partition coefficient (Wildman–Crippen LogP) is 0.997. The fraction of sp³-hybridized carbons (Fsp3) is 0.455. The molecular formula is C11H16N2O6S2. The number of primary sulfonamides is 1. The Morgan fingerprint density at radius 3 is 2.62 bits per heavy atom. The zero-order valence-electron chi connectivity index (χ0n) is 11.4. The SMILES string of the molecule is COCCOCCSc1cccc(S(N)(=O)=O)c1[N+](=O)[O-]. The molecule has 0 aromatic heterocycles. The Morgan fingerprint density at radius 1 is 1.33 bits per heavy atom. The fourth-order valence-corrected chi connectivity index (χ4v) is 3.19. The van der Waals surface area contributed by atoms with E-state index in [1.54, 1.807) is 7.11 Å². The number of hydrogen-bond acceptors (Lipinski definition) is 7. The number of nitrogens with two attached hydrogens (primary N) is 1. The number of sulfonamides is 1. The molecule has 21 heavy (non-hydrogen) atoms. The average Bonchev–Trinajstić information content (AvgIpc) is 2.41. The van der Waals surface area contributed by atoms with Crippen LogP contribution in [0.1, 0.15) is 0 Å². The van der Waals surface area contributed by atoms with Gasteiger partial charge in [-0.3, -0.25) is 10.1 Å². The maximum Gasteiger partial charge on any atom is 0.302 e. The Kier molecular flexibility index (Phi) is 7.05. The summed E-state index contributed by atoms with van der Waals surface area (Å²) in [5.74, 6) is 0.443. The molecule has 0 fully saturated rings. The van der Waals surface area contributed by atoms with Crippen molar-refractivity contribution in [1.82, 2.24) is 0 Å². The molecule has 0 saturated carbocycles. The first-order chi connectivity index (χ1) is 9.88. The highest BCUT2D eigenvalue weighted by molar-refractivity contribution is 7.99. The van der Waals surface area contributed by atoms with Crippen molar-refractivity contribution < 1.29 is 22.8 Å². The minimum Gasteiger partial charge on any atom is -0.382 e. The molecule has 0 aliphatic carbocycles. The third-order valence-corrected chi connectivity index (χ3v) is 4.32. The molecule has 0 saturated heterocycles. The highest BCUT2D eigenvalue weighted by atomic mass is 32.2. The van der Waals surface area contributed by atoms with Gasteiger partial charge in [-0.15, -0.1) is 11.8 Å². The molecule has 0 spiro atoms. The van der Waals surface area contributed by atoms with E-state index in [9.17, 15) is 18.5 Å². The van der Waals surface area contributed by atoms with Crippen molar-refractivity contribution in [2.75, 3.05) is 32.7 Å². The molecule has 8 nitrogen and oxygen atoms in total. The van der Waals surface area contributed by atoms with E-state index in [2.05, 4.69) is 0 Å². The van der Waals surface area contributed by atoms with E-state index in [0.717, 1.165) is 17.8 Å². The van der Waals surface area contributed by atoms with E-state index in [-0.39, 0.29) is 4.90 Å². The molecule has 1 rings (SSSR count). The van der Waals surface area contributed by atoms with Crippen LogP contribution >= 0.6 is 11.8 Å². The van der Waals surface area contributed by atoms with E-state index in [1.165, 1.54) is 12.1 Å². The summed E-state index contributed by atoms with van der Waals surface area (Å²) in [5, 5.41) is 16.1. The van der Waals surface area contributed by atoms with Crippen LogP contribution < -0.4 is 5.14 Å². The van der Waals surface area contributed by atoms with Gasteiger partial charge < -0.3 is 9.47 Å². The molecule has 2 N–H and O–H groups in total. The Hall–Kier alpha value is -1.20. The Labute approximate surface area is 126 Å². The van der Waals surface area contributed by atoms with Gasteiger partial charge in [-0.2, -0.15) is 0 Å². The lowest BCUT2D eigenvalue weighted by Crippen LogP contribution is -2.14. The normalized spacial score (nSPS) is 11.5. The molecule has 1 aromatic rings. The molecule has 0 aliphatic rings. The smallest absolute Gasteiger partial charge is 0.302 e. The van der Waals surface area contributed by atoms with Gasteiger partial charge in [0, 0.05) is 12.9 Å². The first-order valence-corrected chi connectivity index (χ1v) is 8.40. The molecule has 0 radical (unpaired) electrons. The Morgan fingerprint density at radius 2 is 2.05 bits per heavy atom. The van der Waals surface area contributed by atoms with Crippen LogP contribution in [-0.2, 0) is 19.5 Å². The summed E-state index contributed by atoms with van der Waals surface area (Å²) in [4.78, 5) is 10.1. The largest absolute Gasteiger partial charge is 0.382 e. The van der Waals surface area contributed by atoms with E-state index in [1.807, 2.05) is 0 Å². The highest BCUT2D eigenvalue weighted by Crippen LogP contribution is 2.34. The molecule has 0 aliphatic heterocycles. The maximum atomic E-state index is 11.4. The zero-order chi connectivity index (χ0) is 15.9. The number of hydrogen-bond donors (Lipinski definition) is 1. The molecule has 0 atom stereocenters. The average molecular weight is 336 g/mol. The number of rotatable bonds is 9. The lowest BCUT2D eigenvalue weighted by Gasteiger charge is -2.07. The van der Waals surface area contributed by atoms with Gasteiger partial charge in [0.05, 0.1) is 29.6 Å². The van der Waals surface area contributed by atoms with Gasteiger partial charge in [0.15, 0.2) is 4.90 Å². The Balaban J connectivity index is 2.81. The van der Waals surface area contributed by atoms with Crippen molar-refractivity contribution in [1.29, 1.82) is 0 Å². The van der Waals surface area contributed by atoms with Gasteiger partial charge in [0.25, 0.3) is 0 Å². The summed E-state index contributed by atoms with van der Waals surface area (Å²) in [7, 11) is -2.59. The van der Waals surface area contributed by atoms with Gasteiger partial charge in [-0.05, 0) is 12.1 Å². The van der Waals surface area contributed by atoms with Gasteiger partial charge in [0.1, 0.15) is 0 Å². The van der Waals surface area contributed by atoms with Crippen LogP contribution in [0.5, 0.6) is 0 Å². The summed E-state index contributed by atoms with van der Waals surface area (Å²) in [6.45, 7) is 1.26. The first-order valence-electron chi connectivity index (χ1n) is 5.87. The fourth-order valence-electron chi connectivity index (χ4n) is 1.48. The van der Waals surface area contributed by atoms with Crippen molar-refractivity contribution >= 4 is 27.5 Å². The number of thioether (sulfide) groups is 1. The minimum atomic E-state index is -4.15. The molecule has 118 valence electrons. The van der Waals surface area contributed by atoms with Crippen LogP contribution in [0.4, 0.5) is 5.69 Å². The molecule has 0 bridgehead atoms. The number of nitro benzene ring substituents is 1. The molecule has 0 unspecified atom stereocenters. The van der Waals surface area contributed by atoms with Crippen LogP contribution in [0.3, 0.4) is 0 Å². The van der Waals surface area contributed by atoms with Crippen LogP contribution in [0.25, 0.3) is 0 Å². The Bertz CT molecular complexity index is 590. The zero-order valence-corrected chi connectivity index (χ0v) is 13.0. The first kappa shape index (κ1) is 17.9. The van der Waals surface area contributed by atoms with Gasteiger partial charge in [-0.1, -0.05) is 6.07 Å². The molecule has 1 aromatic carbocycles. The predicted molar refractivity (Wildman–Crippen MR) is 77.9 cm³/mol. The second-order valence-corrected chi connectivity index (χ2v) is 6.53. The third-order valence-electron chi connectivity index (χ3n) is 2.37. The second kappa shape index (κ2) is 8.29. The number of ether oxygens (including phenoxy) is 2. The van der Waals surface area contributed by atoms with E-state index >= 15 is 0 Å². The van der Waals surface area contributed by atoms with E-state index in [4.69, 9.17) is 14.6 Å². The topological polar surface area (TPSA) is 122 Å². The summed E-state index contributed by atoms with van der Waals surface area (Å²) < 4.78 is 32.8. The van der Waals surface area contributed by atoms with Crippen LogP contribution in [-0.4, -0.2) is 46.0 Å². The monoisotopic (exact) mass is 336 g/mol. The lowest BCUT2D eigenvalue weighted by atomic mass is 10.3. The van der Waals surface area contributed by atoms with Crippen molar-refractivity contribution in [2.45, 2.75) is 9.79 Å². The van der Waals surface area contributed by atoms with Gasteiger partial charge >= 0.3 is 5.69 Å². The van der Waals surface area contributed by atoms with Gasteiger partial charge in [-0.25, -0.2) is 13.6 Å². The summed E-state index contributed by atoms with van der Waals surface area (Å²) in [5.41, 5.74) is -0.498. The third kappa shape index (κ3) is 5.59. The van der Waals surface area contributed by atoms with Crippen molar-refractivity contribution in [2.24, 2.45) is 5.14 Å². The van der Waals surface area contributed by atoms with Gasteiger partial charge in [0.2, 0.25) is 10.0 Å². The maximum absolute atomic E-state index is 11.4. The van der Waals surface area contributed by atoms with Crippen molar-refractivity contribution in [3.05, 3.63) is 28.3 Å². The quantitative estimate of drug-likeness (QED) is 0.309. The molecule has 0 amide bonds. The van der Waals surface area contributed by atoms with E-state index in [0.29, 0.717) is 25.6 Å². The van der Waals surface area contributed by atoms with Crippen molar-refractivity contribution in [3.8, 4) is 0 Å². The summed E-state index contributed by atoms with van der Waals surface area (Å²) in [6, 6.07) is 4.01. The number of nitro groups is 1. The minimum absolute atomic E-state index is 0.238. The summed E-state index contributed by atoms with van der Waals surface area (Å²) >= 11 is 1.14. The molecular weight excluding hydrogens is 320 g/mol. The number of methoxy groups -OCH3 is 1. The van der Waals surface area contributed by atoms with Crippen molar-refractivity contribution in [3.63, 3.8) is 0 Å². The second-order valence-electron chi connectivity index (χ2n) is 3.86. The lowest BCUT2D eigenvalue weighted by molar-refractivity contribution is -0.390. The van der Waals surface area contributed by atoms with Crippen LogP contribution in [0, 0.1) is 10.1 Å². The number of nitrogens with zero attached hydrogens (tertiary/aromatic N) is 1. The standard InChI is InChI=1S/C11H16N2O6S2/c1-18-5-6-19-7-8-20-9-3-2-4-10(21(12,16)17)11(9)13(14)15/h2-4H,5-8H2,1H3,(H2,12,16,17). The highest BCUT2D eigenvalue weighted by Gasteiger charge is 2.26. The number of benzene rings is 1. The van der Waals surface area contributed by atoms with Crippen LogP contribution in [0.2, 0.25) is 0 Å².